The van der Waals surface area contributed by atoms with E-state index < -0.39 is 22.8 Å². The Morgan fingerprint density at radius 2 is 1.74 bits per heavy atom. The third-order valence-corrected chi connectivity index (χ3v) is 4.47. The molecule has 1 aliphatic heterocycles. The van der Waals surface area contributed by atoms with Crippen molar-refractivity contribution in [3.8, 4) is 0 Å². The van der Waals surface area contributed by atoms with Crippen molar-refractivity contribution in [1.82, 2.24) is 4.90 Å². The van der Waals surface area contributed by atoms with Crippen molar-refractivity contribution >= 4 is 17.6 Å². The summed E-state index contributed by atoms with van der Waals surface area (Å²) in [7, 11) is 0. The van der Waals surface area contributed by atoms with E-state index in [2.05, 4.69) is 0 Å². The molecule has 2 N–H and O–H groups in total. The zero-order valence-corrected chi connectivity index (χ0v) is 15.1. The van der Waals surface area contributed by atoms with Gasteiger partial charge in [0.15, 0.2) is 0 Å². The number of nitro benzene ring substituents is 1. The van der Waals surface area contributed by atoms with E-state index in [1.54, 1.807) is 20.8 Å². The van der Waals surface area contributed by atoms with Crippen LogP contribution < -0.4 is 0 Å². The molecule has 0 bridgehead atoms. The lowest BCUT2D eigenvalue weighted by Crippen LogP contribution is -2.35. The molecular weight excluding hydrogens is 356 g/mol. The maximum absolute atomic E-state index is 12.0. The van der Waals surface area contributed by atoms with Crippen LogP contribution in [0.15, 0.2) is 46.8 Å². The maximum Gasteiger partial charge on any atom is 0.334 e. The fraction of sp³-hybridized carbons (Fsp3) is 0.333. The Hall–Kier alpha value is -3.20. The van der Waals surface area contributed by atoms with Crippen LogP contribution in [0.4, 0.5) is 5.69 Å². The smallest absolute Gasteiger partial charge is 0.334 e. The topological polar surface area (TPSA) is 130 Å². The first-order valence-electron chi connectivity index (χ1n) is 8.18. The van der Waals surface area contributed by atoms with Crippen LogP contribution >= 0.6 is 0 Å². The summed E-state index contributed by atoms with van der Waals surface area (Å²) in [5, 5.41) is 30.6. The summed E-state index contributed by atoms with van der Waals surface area (Å²) in [4.78, 5) is 35.9. The van der Waals surface area contributed by atoms with Gasteiger partial charge >= 0.3 is 11.9 Å². The van der Waals surface area contributed by atoms with Crippen LogP contribution in [-0.2, 0) is 14.3 Å². The molecule has 0 amide bonds. The number of carboxylic acids is 2. The first-order chi connectivity index (χ1) is 12.7. The number of rotatable bonds is 7. The van der Waals surface area contributed by atoms with E-state index in [9.17, 15) is 29.9 Å². The lowest BCUT2D eigenvalue weighted by molar-refractivity contribution is -0.384. The first-order valence-corrected chi connectivity index (χ1v) is 8.18. The van der Waals surface area contributed by atoms with Gasteiger partial charge in [-0.05, 0) is 26.3 Å². The van der Waals surface area contributed by atoms with Gasteiger partial charge < -0.3 is 19.8 Å². The Labute approximate surface area is 155 Å². The van der Waals surface area contributed by atoms with E-state index in [0.29, 0.717) is 18.0 Å². The van der Waals surface area contributed by atoms with Gasteiger partial charge in [-0.3, -0.25) is 10.1 Å². The molecule has 1 aromatic carbocycles. The van der Waals surface area contributed by atoms with Crippen molar-refractivity contribution in [3.63, 3.8) is 0 Å². The third-order valence-electron chi connectivity index (χ3n) is 4.47. The standard InChI is InChI=1S/C18H20N2O7/c1-4-27-9-19-10(2)14(17(21)22)16(15(11(19)3)18(23)24)12-6-5-7-13(8-12)20(25)26/h5-8,16H,4,9H2,1-3H3,(H,21,22)(H,23,24). The number of carbonyl (C=O) groups is 2. The molecule has 0 fully saturated rings. The van der Waals surface area contributed by atoms with Crippen LogP contribution in [0, 0.1) is 10.1 Å². The predicted molar refractivity (Wildman–Crippen MR) is 94.8 cm³/mol. The van der Waals surface area contributed by atoms with Crippen LogP contribution in [-0.4, -0.2) is 45.3 Å². The Bertz CT molecular complexity index is 819. The summed E-state index contributed by atoms with van der Waals surface area (Å²) in [6.45, 7) is 5.27. The molecule has 9 heteroatoms. The fourth-order valence-corrected chi connectivity index (χ4v) is 3.19. The van der Waals surface area contributed by atoms with Gasteiger partial charge in [0.25, 0.3) is 5.69 Å². The highest BCUT2D eigenvalue weighted by molar-refractivity contribution is 5.98. The van der Waals surface area contributed by atoms with Gasteiger partial charge in [-0.25, -0.2) is 9.59 Å². The average Bonchev–Trinajstić information content (AvgIpc) is 2.60. The summed E-state index contributed by atoms with van der Waals surface area (Å²) in [5.74, 6) is -3.73. The molecule has 1 aliphatic rings. The largest absolute Gasteiger partial charge is 0.478 e. The maximum atomic E-state index is 12.0. The minimum Gasteiger partial charge on any atom is -0.478 e. The number of benzene rings is 1. The van der Waals surface area contributed by atoms with Crippen molar-refractivity contribution in [3.05, 3.63) is 62.5 Å². The van der Waals surface area contributed by atoms with Gasteiger partial charge in [0.05, 0.1) is 22.0 Å². The van der Waals surface area contributed by atoms with Gasteiger partial charge in [-0.15, -0.1) is 0 Å². The SMILES string of the molecule is CCOCN1C(C)=C(C(=O)O)C(c2cccc([N+](=O)[O-])c2)C(C(=O)O)=C1C. The number of aliphatic carboxylic acids is 2. The van der Waals surface area contributed by atoms with Crippen LogP contribution in [0.3, 0.4) is 0 Å². The molecule has 0 atom stereocenters. The van der Waals surface area contributed by atoms with Gasteiger partial charge in [-0.2, -0.15) is 0 Å². The van der Waals surface area contributed by atoms with Crippen LogP contribution in [0.25, 0.3) is 0 Å². The lowest BCUT2D eigenvalue weighted by atomic mass is 9.80. The Morgan fingerprint density at radius 3 is 2.19 bits per heavy atom. The van der Waals surface area contributed by atoms with Gasteiger partial charge in [0.2, 0.25) is 0 Å². The lowest BCUT2D eigenvalue weighted by Gasteiger charge is -2.36. The molecule has 27 heavy (non-hydrogen) atoms. The minimum absolute atomic E-state index is 0.00336. The number of nitrogens with zero attached hydrogens (tertiary/aromatic N) is 2. The van der Waals surface area contributed by atoms with Crippen molar-refractivity contribution in [2.45, 2.75) is 26.7 Å². The molecule has 0 saturated carbocycles. The third kappa shape index (κ3) is 3.82. The number of non-ortho nitro benzene ring substituents is 1. The first kappa shape index (κ1) is 20.1. The van der Waals surface area contributed by atoms with Gasteiger partial charge in [0, 0.05) is 30.1 Å². The summed E-state index contributed by atoms with van der Waals surface area (Å²) in [5.41, 5.74) is 0.337. The second-order valence-corrected chi connectivity index (χ2v) is 5.94. The molecule has 1 aromatic rings. The zero-order chi connectivity index (χ0) is 20.3. The number of hydrogen-bond acceptors (Lipinski definition) is 6. The highest BCUT2D eigenvalue weighted by Crippen LogP contribution is 2.42. The van der Waals surface area contributed by atoms with E-state index in [-0.39, 0.29) is 29.1 Å². The van der Waals surface area contributed by atoms with E-state index in [1.807, 2.05) is 0 Å². The molecule has 0 aromatic heterocycles. The van der Waals surface area contributed by atoms with Crippen molar-refractivity contribution in [1.29, 1.82) is 0 Å². The highest BCUT2D eigenvalue weighted by atomic mass is 16.6. The van der Waals surface area contributed by atoms with Crippen LogP contribution in [0.1, 0.15) is 32.3 Å². The molecule has 0 aliphatic carbocycles. The summed E-state index contributed by atoms with van der Waals surface area (Å²) in [6, 6.07) is 5.36. The Kier molecular flexibility index (Phi) is 5.96. The van der Waals surface area contributed by atoms with Gasteiger partial charge in [-0.1, -0.05) is 12.1 Å². The molecular formula is C18H20N2O7. The molecule has 0 saturated heterocycles. The highest BCUT2D eigenvalue weighted by Gasteiger charge is 2.39. The second kappa shape index (κ2) is 8.00. The number of ether oxygens (including phenoxy) is 1. The molecule has 1 heterocycles. The normalized spacial score (nSPS) is 15.3. The van der Waals surface area contributed by atoms with E-state index >= 15 is 0 Å². The average molecular weight is 376 g/mol. The van der Waals surface area contributed by atoms with Crippen LogP contribution in [0.2, 0.25) is 0 Å². The van der Waals surface area contributed by atoms with Gasteiger partial charge in [0.1, 0.15) is 6.73 Å². The molecule has 0 unspecified atom stereocenters. The number of allylic oxidation sites excluding steroid dienone is 2. The van der Waals surface area contributed by atoms with E-state index in [1.165, 1.54) is 29.2 Å². The number of nitro groups is 1. The van der Waals surface area contributed by atoms with E-state index in [4.69, 9.17) is 4.74 Å². The fourth-order valence-electron chi connectivity index (χ4n) is 3.19. The van der Waals surface area contributed by atoms with Crippen LogP contribution in [0.5, 0.6) is 0 Å². The Morgan fingerprint density at radius 1 is 1.19 bits per heavy atom. The number of hydrogen-bond donors (Lipinski definition) is 2. The van der Waals surface area contributed by atoms with E-state index in [0.717, 1.165) is 0 Å². The molecule has 0 spiro atoms. The summed E-state index contributed by atoms with van der Waals surface area (Å²) in [6.07, 6.45) is 0. The minimum atomic E-state index is -1.29. The molecule has 9 nitrogen and oxygen atoms in total. The Balaban J connectivity index is 2.73. The number of carboxylic acid groups (broad SMARTS) is 2. The molecule has 2 rings (SSSR count). The van der Waals surface area contributed by atoms with Crippen molar-refractivity contribution in [2.24, 2.45) is 0 Å². The second-order valence-electron chi connectivity index (χ2n) is 5.94. The summed E-state index contributed by atoms with van der Waals surface area (Å²) < 4.78 is 5.34. The molecule has 144 valence electrons. The van der Waals surface area contributed by atoms with Crippen molar-refractivity contribution < 1.29 is 29.5 Å². The zero-order valence-electron chi connectivity index (χ0n) is 15.1. The molecule has 0 radical (unpaired) electrons. The monoisotopic (exact) mass is 376 g/mol. The summed E-state index contributed by atoms with van der Waals surface area (Å²) >= 11 is 0. The quantitative estimate of drug-likeness (QED) is 0.549. The predicted octanol–water partition coefficient (Wildman–Crippen LogP) is 2.71. The van der Waals surface area contributed by atoms with Crippen molar-refractivity contribution in [2.75, 3.05) is 13.3 Å².